The summed E-state index contributed by atoms with van der Waals surface area (Å²) in [5.41, 5.74) is 0.664. The second-order valence-electron chi connectivity index (χ2n) is 6.64. The van der Waals surface area contributed by atoms with Crippen LogP contribution in [0, 0.1) is 0 Å². The van der Waals surface area contributed by atoms with E-state index in [-0.39, 0.29) is 15.5 Å². The SMILES string of the molecule is CCNc1ccc(S(=O)(=O)N(C)C)cc1NS(=O)(=O)c1ccc2ccccc2c1. The van der Waals surface area contributed by atoms with E-state index in [9.17, 15) is 16.8 Å². The van der Waals surface area contributed by atoms with Crippen molar-refractivity contribution < 1.29 is 16.8 Å². The van der Waals surface area contributed by atoms with Gasteiger partial charge in [-0.25, -0.2) is 21.1 Å². The van der Waals surface area contributed by atoms with Crippen molar-refractivity contribution in [2.75, 3.05) is 30.7 Å². The lowest BCUT2D eigenvalue weighted by Gasteiger charge is -2.17. The van der Waals surface area contributed by atoms with E-state index in [2.05, 4.69) is 10.0 Å². The molecule has 3 aromatic rings. The Hall–Kier alpha value is -2.62. The van der Waals surface area contributed by atoms with Gasteiger partial charge in [0.25, 0.3) is 10.0 Å². The molecule has 0 aliphatic rings. The first-order valence-electron chi connectivity index (χ1n) is 8.97. The third-order valence-corrected chi connectivity index (χ3v) is 7.59. The van der Waals surface area contributed by atoms with Crippen LogP contribution in [-0.2, 0) is 20.0 Å². The first-order chi connectivity index (χ1) is 13.6. The summed E-state index contributed by atoms with van der Waals surface area (Å²) >= 11 is 0. The van der Waals surface area contributed by atoms with Gasteiger partial charge in [-0.2, -0.15) is 0 Å². The zero-order chi connectivity index (χ0) is 21.2. The summed E-state index contributed by atoms with van der Waals surface area (Å²) in [7, 11) is -4.79. The van der Waals surface area contributed by atoms with Gasteiger partial charge >= 0.3 is 0 Å². The van der Waals surface area contributed by atoms with E-state index in [0.29, 0.717) is 12.2 Å². The van der Waals surface area contributed by atoms with Crippen LogP contribution < -0.4 is 10.0 Å². The zero-order valence-electron chi connectivity index (χ0n) is 16.4. The molecular formula is C20H23N3O4S2. The van der Waals surface area contributed by atoms with E-state index in [1.807, 2.05) is 31.2 Å². The van der Waals surface area contributed by atoms with Crippen molar-refractivity contribution in [3.63, 3.8) is 0 Å². The Kier molecular flexibility index (Phi) is 5.83. The Morgan fingerprint density at radius 2 is 1.45 bits per heavy atom. The van der Waals surface area contributed by atoms with Gasteiger partial charge in [0.05, 0.1) is 21.2 Å². The summed E-state index contributed by atoms with van der Waals surface area (Å²) in [6.07, 6.45) is 0. The standard InChI is InChI=1S/C20H23N3O4S2/c1-4-21-19-12-11-18(29(26,27)23(2)3)14-20(19)22-28(24,25)17-10-9-15-7-5-6-8-16(15)13-17/h5-14,21-22H,4H2,1-3H3. The summed E-state index contributed by atoms with van der Waals surface area (Å²) in [6, 6.07) is 16.6. The van der Waals surface area contributed by atoms with Gasteiger partial charge in [0.1, 0.15) is 0 Å². The fraction of sp³-hybridized carbons (Fsp3) is 0.200. The minimum Gasteiger partial charge on any atom is -0.384 e. The normalized spacial score (nSPS) is 12.3. The van der Waals surface area contributed by atoms with E-state index in [4.69, 9.17) is 0 Å². The molecular weight excluding hydrogens is 410 g/mol. The van der Waals surface area contributed by atoms with Crippen LogP contribution in [0.3, 0.4) is 0 Å². The van der Waals surface area contributed by atoms with Gasteiger partial charge in [-0.15, -0.1) is 0 Å². The average molecular weight is 434 g/mol. The highest BCUT2D eigenvalue weighted by molar-refractivity contribution is 7.92. The van der Waals surface area contributed by atoms with Crippen LogP contribution in [0.15, 0.2) is 70.5 Å². The van der Waals surface area contributed by atoms with Gasteiger partial charge in [0.15, 0.2) is 0 Å². The van der Waals surface area contributed by atoms with Gasteiger partial charge < -0.3 is 5.32 Å². The van der Waals surface area contributed by atoms with Crippen LogP contribution in [-0.4, -0.2) is 41.8 Å². The smallest absolute Gasteiger partial charge is 0.261 e. The summed E-state index contributed by atoms with van der Waals surface area (Å²) in [6.45, 7) is 2.41. The quantitative estimate of drug-likeness (QED) is 0.596. The molecule has 0 aliphatic carbocycles. The van der Waals surface area contributed by atoms with Crippen molar-refractivity contribution in [2.24, 2.45) is 0 Å². The maximum Gasteiger partial charge on any atom is 0.261 e. The number of anilines is 2. The lowest BCUT2D eigenvalue weighted by Crippen LogP contribution is -2.22. The molecule has 0 amide bonds. The molecule has 0 aliphatic heterocycles. The first-order valence-corrected chi connectivity index (χ1v) is 11.9. The molecule has 0 aromatic heterocycles. The molecule has 0 saturated carbocycles. The third kappa shape index (κ3) is 4.36. The van der Waals surface area contributed by atoms with E-state index in [1.165, 1.54) is 32.3 Å². The van der Waals surface area contributed by atoms with Crippen molar-refractivity contribution in [3.8, 4) is 0 Å². The fourth-order valence-electron chi connectivity index (χ4n) is 2.86. The third-order valence-electron chi connectivity index (χ3n) is 4.41. The predicted molar refractivity (Wildman–Crippen MR) is 116 cm³/mol. The van der Waals surface area contributed by atoms with E-state index in [0.717, 1.165) is 15.1 Å². The van der Waals surface area contributed by atoms with E-state index < -0.39 is 20.0 Å². The molecule has 7 nitrogen and oxygen atoms in total. The molecule has 154 valence electrons. The van der Waals surface area contributed by atoms with Gasteiger partial charge in [0.2, 0.25) is 10.0 Å². The van der Waals surface area contributed by atoms with Crippen LogP contribution in [0.5, 0.6) is 0 Å². The molecule has 0 bridgehead atoms. The number of nitrogens with one attached hydrogen (secondary N) is 2. The molecule has 0 fully saturated rings. The van der Waals surface area contributed by atoms with Crippen LogP contribution >= 0.6 is 0 Å². The second kappa shape index (κ2) is 8.02. The number of rotatable bonds is 7. The van der Waals surface area contributed by atoms with E-state index >= 15 is 0 Å². The number of fused-ring (bicyclic) bond motifs is 1. The molecule has 0 saturated heterocycles. The molecule has 0 unspecified atom stereocenters. The fourth-order valence-corrected chi connectivity index (χ4v) is 4.90. The number of benzene rings is 3. The minimum absolute atomic E-state index is 0.000338. The lowest BCUT2D eigenvalue weighted by atomic mass is 10.1. The summed E-state index contributed by atoms with van der Waals surface area (Å²) in [5.74, 6) is 0. The molecule has 0 spiro atoms. The Bertz CT molecular complexity index is 1250. The topological polar surface area (TPSA) is 95.6 Å². The highest BCUT2D eigenvalue weighted by atomic mass is 32.2. The van der Waals surface area contributed by atoms with Gasteiger partial charge in [-0.1, -0.05) is 30.3 Å². The van der Waals surface area contributed by atoms with Crippen LogP contribution in [0.4, 0.5) is 11.4 Å². The summed E-state index contributed by atoms with van der Waals surface area (Å²) in [5, 5.41) is 4.78. The number of hydrogen-bond donors (Lipinski definition) is 2. The molecule has 0 radical (unpaired) electrons. The minimum atomic E-state index is -3.93. The zero-order valence-corrected chi connectivity index (χ0v) is 18.0. The van der Waals surface area contributed by atoms with Crippen molar-refractivity contribution >= 4 is 42.2 Å². The van der Waals surface area contributed by atoms with Crippen molar-refractivity contribution in [1.82, 2.24) is 4.31 Å². The average Bonchev–Trinajstić information content (AvgIpc) is 2.68. The first kappa shape index (κ1) is 21.1. The summed E-state index contributed by atoms with van der Waals surface area (Å²) in [4.78, 5) is 0.0971. The Morgan fingerprint density at radius 3 is 2.10 bits per heavy atom. The van der Waals surface area contributed by atoms with E-state index in [1.54, 1.807) is 18.2 Å². The Labute approximate surface area is 171 Å². The van der Waals surface area contributed by atoms with Crippen LogP contribution in [0.2, 0.25) is 0 Å². The molecule has 3 aromatic carbocycles. The number of sulfonamides is 2. The van der Waals surface area contributed by atoms with Crippen LogP contribution in [0.25, 0.3) is 10.8 Å². The largest absolute Gasteiger partial charge is 0.384 e. The highest BCUT2D eigenvalue weighted by Gasteiger charge is 2.22. The maximum absolute atomic E-state index is 13.0. The Morgan fingerprint density at radius 1 is 0.793 bits per heavy atom. The predicted octanol–water partition coefficient (Wildman–Crippen LogP) is 3.32. The number of hydrogen-bond acceptors (Lipinski definition) is 5. The summed E-state index contributed by atoms with van der Waals surface area (Å²) < 4.78 is 54.5. The molecule has 29 heavy (non-hydrogen) atoms. The van der Waals surface area contributed by atoms with Gasteiger partial charge in [-0.3, -0.25) is 4.72 Å². The lowest BCUT2D eigenvalue weighted by molar-refractivity contribution is 0.521. The monoisotopic (exact) mass is 433 g/mol. The highest BCUT2D eigenvalue weighted by Crippen LogP contribution is 2.29. The Balaban J connectivity index is 2.06. The number of nitrogens with zero attached hydrogens (tertiary/aromatic N) is 1. The van der Waals surface area contributed by atoms with Gasteiger partial charge in [-0.05, 0) is 48.0 Å². The molecule has 0 atom stereocenters. The maximum atomic E-state index is 13.0. The van der Waals surface area contributed by atoms with Crippen molar-refractivity contribution in [3.05, 3.63) is 60.7 Å². The molecule has 0 heterocycles. The van der Waals surface area contributed by atoms with Crippen molar-refractivity contribution in [1.29, 1.82) is 0 Å². The molecule has 3 rings (SSSR count). The van der Waals surface area contributed by atoms with Crippen molar-refractivity contribution in [2.45, 2.75) is 16.7 Å². The van der Waals surface area contributed by atoms with Gasteiger partial charge in [0, 0.05) is 20.6 Å². The second-order valence-corrected chi connectivity index (χ2v) is 10.5. The van der Waals surface area contributed by atoms with Crippen LogP contribution in [0.1, 0.15) is 6.92 Å². The molecule has 2 N–H and O–H groups in total. The molecule has 9 heteroatoms.